The van der Waals surface area contributed by atoms with Crippen molar-refractivity contribution in [3.63, 3.8) is 0 Å². The van der Waals surface area contributed by atoms with Crippen LogP contribution in [0, 0.1) is 12.7 Å². The molecule has 6 rings (SSSR count). The van der Waals surface area contributed by atoms with Gasteiger partial charge in [-0.2, -0.15) is 13.2 Å². The van der Waals surface area contributed by atoms with Gasteiger partial charge in [-0.1, -0.05) is 30.3 Å². The van der Waals surface area contributed by atoms with Crippen LogP contribution >= 0.6 is 0 Å². The normalized spacial score (nSPS) is 15.2. The van der Waals surface area contributed by atoms with Crippen LogP contribution in [0.1, 0.15) is 50.3 Å². The number of nitrogens with one attached hydrogen (secondary N) is 2. The van der Waals surface area contributed by atoms with Crippen LogP contribution in [0.15, 0.2) is 79.1 Å². The maximum absolute atomic E-state index is 15.3. The summed E-state index contributed by atoms with van der Waals surface area (Å²) in [5, 5.41) is 3.75. The van der Waals surface area contributed by atoms with Gasteiger partial charge < -0.3 is 19.7 Å². The molecule has 0 saturated carbocycles. The van der Waals surface area contributed by atoms with E-state index in [1.807, 2.05) is 20.8 Å². The summed E-state index contributed by atoms with van der Waals surface area (Å²) in [7, 11) is -4.53. The van der Waals surface area contributed by atoms with Gasteiger partial charge in [0.05, 0.1) is 28.3 Å². The van der Waals surface area contributed by atoms with E-state index in [9.17, 15) is 26.4 Å². The second-order valence-corrected chi connectivity index (χ2v) is 15.6. The molecule has 0 spiro atoms. The van der Waals surface area contributed by atoms with Crippen LogP contribution in [0.25, 0.3) is 22.0 Å². The molecule has 2 N–H and O–H groups in total. The number of sulfonamides is 1. The summed E-state index contributed by atoms with van der Waals surface area (Å²) in [4.78, 5) is 27.9. The number of likely N-dealkylation sites (tertiary alicyclic amines) is 1. The van der Waals surface area contributed by atoms with Gasteiger partial charge in [-0.25, -0.2) is 32.6 Å². The lowest BCUT2D eigenvalue weighted by Gasteiger charge is -2.34. The van der Waals surface area contributed by atoms with Crippen molar-refractivity contribution in [2.24, 2.45) is 0 Å². The Morgan fingerprint density at radius 2 is 1.72 bits per heavy atom. The summed E-state index contributed by atoms with van der Waals surface area (Å²) in [5.41, 5.74) is -1.08. The highest BCUT2D eigenvalue weighted by Crippen LogP contribution is 2.40. The standard InChI is InChI=1S/C38H38F4N6O5S/c1-23-13-14-26-27(15-16-30(39)32(26)47-54(50,51)22-24-9-5-6-12-29(24)38(40,41)42)33(23)52-34-28(11-7-18-43-34)31-17-19-44-35(46-31)45-25-10-8-20-48(21-25)36(49)53-37(2,3)4/h5-7,9,11-19,25,47H,8,10,20-22H2,1-4H3,(H,44,45,46)/t25-/m0/s1. The molecule has 1 fully saturated rings. The number of carbonyl (C=O) groups is 1. The summed E-state index contributed by atoms with van der Waals surface area (Å²) >= 11 is 0. The third-order valence-electron chi connectivity index (χ3n) is 8.53. The molecule has 0 radical (unpaired) electrons. The largest absolute Gasteiger partial charge is 0.444 e. The zero-order valence-electron chi connectivity index (χ0n) is 29.9. The summed E-state index contributed by atoms with van der Waals surface area (Å²) in [6.07, 6.45) is -0.522. The number of aryl methyl sites for hydroxylation is 1. The van der Waals surface area contributed by atoms with Crippen LogP contribution in [0.5, 0.6) is 11.6 Å². The highest BCUT2D eigenvalue weighted by Gasteiger charge is 2.34. The van der Waals surface area contributed by atoms with Crippen LogP contribution in [-0.4, -0.2) is 59.1 Å². The lowest BCUT2D eigenvalue weighted by atomic mass is 10.0. The number of fused-ring (bicyclic) bond motifs is 1. The highest BCUT2D eigenvalue weighted by atomic mass is 32.2. The molecule has 54 heavy (non-hydrogen) atoms. The van der Waals surface area contributed by atoms with Gasteiger partial charge in [0.1, 0.15) is 17.2 Å². The Balaban J connectivity index is 1.26. The summed E-state index contributed by atoms with van der Waals surface area (Å²) < 4.78 is 96.6. The van der Waals surface area contributed by atoms with Crippen molar-refractivity contribution in [2.45, 2.75) is 64.1 Å². The molecular formula is C38H38F4N6O5S. The molecule has 1 aliphatic rings. The lowest BCUT2D eigenvalue weighted by Crippen LogP contribution is -2.47. The Morgan fingerprint density at radius 3 is 2.48 bits per heavy atom. The minimum Gasteiger partial charge on any atom is -0.444 e. The molecule has 3 aromatic carbocycles. The summed E-state index contributed by atoms with van der Waals surface area (Å²) in [5.74, 6) is -1.26. The predicted molar refractivity (Wildman–Crippen MR) is 196 cm³/mol. The first-order chi connectivity index (χ1) is 25.5. The number of ether oxygens (including phenoxy) is 2. The SMILES string of the molecule is Cc1ccc2c(NS(=O)(=O)Cc3ccccc3C(F)(F)F)c(F)ccc2c1Oc1ncccc1-c1ccnc(N[C@H]2CCCN(C(=O)OC(C)(C)C)C2)n1. The lowest BCUT2D eigenvalue weighted by molar-refractivity contribution is -0.138. The van der Waals surface area contributed by atoms with Crippen LogP contribution in [0.2, 0.25) is 0 Å². The van der Waals surface area contributed by atoms with E-state index >= 15 is 4.39 Å². The van der Waals surface area contributed by atoms with E-state index in [0.717, 1.165) is 37.1 Å². The fourth-order valence-corrected chi connectivity index (χ4v) is 7.38. The first kappa shape index (κ1) is 38.2. The van der Waals surface area contributed by atoms with Crippen LogP contribution in [0.3, 0.4) is 0 Å². The predicted octanol–water partition coefficient (Wildman–Crippen LogP) is 8.70. The quantitative estimate of drug-likeness (QED) is 0.141. The van der Waals surface area contributed by atoms with Gasteiger partial charge >= 0.3 is 12.3 Å². The van der Waals surface area contributed by atoms with Crippen molar-refractivity contribution in [3.05, 3.63) is 102 Å². The van der Waals surface area contributed by atoms with Crippen molar-refractivity contribution in [1.82, 2.24) is 19.9 Å². The maximum Gasteiger partial charge on any atom is 0.416 e. The number of rotatable bonds is 9. The molecule has 5 aromatic rings. The number of amides is 1. The van der Waals surface area contributed by atoms with E-state index in [1.54, 1.807) is 42.3 Å². The second-order valence-electron chi connectivity index (χ2n) is 13.9. The maximum atomic E-state index is 15.3. The van der Waals surface area contributed by atoms with Crippen LogP contribution in [-0.2, 0) is 26.7 Å². The molecule has 3 heterocycles. The van der Waals surface area contributed by atoms with Crippen molar-refractivity contribution < 1.29 is 40.2 Å². The minimum absolute atomic E-state index is 0.113. The molecule has 2 aromatic heterocycles. The number of pyridine rings is 1. The third kappa shape index (κ3) is 8.98. The van der Waals surface area contributed by atoms with E-state index in [2.05, 4.69) is 20.0 Å². The number of hydrogen-bond donors (Lipinski definition) is 2. The molecule has 1 atom stereocenters. The fraction of sp³-hybridized carbons (Fsp3) is 0.316. The van der Waals surface area contributed by atoms with Gasteiger partial charge in [-0.05, 0) is 88.1 Å². The number of halogens is 4. The number of anilines is 2. The van der Waals surface area contributed by atoms with Crippen molar-refractivity contribution in [1.29, 1.82) is 0 Å². The first-order valence-electron chi connectivity index (χ1n) is 17.1. The Kier molecular flexibility index (Phi) is 10.7. The number of nitrogens with zero attached hydrogens (tertiary/aromatic N) is 4. The number of aromatic nitrogens is 3. The van der Waals surface area contributed by atoms with Gasteiger partial charge in [0.15, 0.2) is 0 Å². The third-order valence-corrected chi connectivity index (χ3v) is 9.74. The molecule has 284 valence electrons. The van der Waals surface area contributed by atoms with E-state index in [4.69, 9.17) is 14.5 Å². The number of carbonyl (C=O) groups excluding carboxylic acids is 1. The molecule has 11 nitrogen and oxygen atoms in total. The van der Waals surface area contributed by atoms with E-state index < -0.39 is 50.2 Å². The van der Waals surface area contributed by atoms with Crippen LogP contribution < -0.4 is 14.8 Å². The molecule has 1 saturated heterocycles. The highest BCUT2D eigenvalue weighted by molar-refractivity contribution is 7.91. The Bertz CT molecular complexity index is 2300. The molecule has 0 aliphatic carbocycles. The minimum atomic E-state index is -4.78. The molecule has 1 aliphatic heterocycles. The molecule has 1 amide bonds. The summed E-state index contributed by atoms with van der Waals surface area (Å²) in [6, 6.07) is 14.9. The second kappa shape index (κ2) is 15.1. The zero-order valence-corrected chi connectivity index (χ0v) is 30.7. The zero-order chi connectivity index (χ0) is 38.8. The summed E-state index contributed by atoms with van der Waals surface area (Å²) in [6.45, 7) is 8.18. The van der Waals surface area contributed by atoms with E-state index in [1.165, 1.54) is 24.4 Å². The van der Waals surface area contributed by atoms with Gasteiger partial charge in [0.25, 0.3) is 0 Å². The first-order valence-corrected chi connectivity index (χ1v) is 18.7. The van der Waals surface area contributed by atoms with E-state index in [0.29, 0.717) is 41.2 Å². The average Bonchev–Trinajstić information content (AvgIpc) is 3.10. The Labute approximate surface area is 309 Å². The van der Waals surface area contributed by atoms with Crippen molar-refractivity contribution in [2.75, 3.05) is 23.1 Å². The van der Waals surface area contributed by atoms with Gasteiger partial charge in [-0.15, -0.1) is 0 Å². The van der Waals surface area contributed by atoms with Gasteiger partial charge in [0, 0.05) is 42.3 Å². The average molecular weight is 767 g/mol. The van der Waals surface area contributed by atoms with Crippen molar-refractivity contribution >= 4 is 38.5 Å². The van der Waals surface area contributed by atoms with Crippen molar-refractivity contribution in [3.8, 4) is 22.9 Å². The number of alkyl halides is 3. The van der Waals surface area contributed by atoms with E-state index in [-0.39, 0.29) is 29.2 Å². The number of hydrogen-bond acceptors (Lipinski definition) is 9. The Morgan fingerprint density at radius 1 is 0.963 bits per heavy atom. The fourth-order valence-electron chi connectivity index (χ4n) is 6.13. The molecule has 0 bridgehead atoms. The number of benzene rings is 3. The monoisotopic (exact) mass is 766 g/mol. The molecule has 16 heteroatoms. The topological polar surface area (TPSA) is 136 Å². The smallest absolute Gasteiger partial charge is 0.416 e. The van der Waals surface area contributed by atoms with Gasteiger partial charge in [0.2, 0.25) is 21.9 Å². The van der Waals surface area contributed by atoms with Crippen LogP contribution in [0.4, 0.5) is 34.0 Å². The Hall–Kier alpha value is -5.51. The molecular weight excluding hydrogens is 729 g/mol. The number of piperidine rings is 1. The molecule has 0 unspecified atom stereocenters. The van der Waals surface area contributed by atoms with Gasteiger partial charge in [-0.3, -0.25) is 4.72 Å².